The van der Waals surface area contributed by atoms with Crippen LogP contribution in [0.15, 0.2) is 24.3 Å². The van der Waals surface area contributed by atoms with Crippen LogP contribution in [0.3, 0.4) is 0 Å². The molecule has 7 heteroatoms. The fourth-order valence-corrected chi connectivity index (χ4v) is 3.45. The molecule has 0 spiro atoms. The van der Waals surface area contributed by atoms with E-state index in [1.807, 2.05) is 0 Å². The number of aromatic nitrogens is 2. The Hall–Kier alpha value is -1.57. The molecule has 1 N–H and O–H groups in total. The van der Waals surface area contributed by atoms with Crippen LogP contribution in [0.1, 0.15) is 10.6 Å². The average Bonchev–Trinajstić information content (AvgIpc) is 2.99. The predicted molar refractivity (Wildman–Crippen MR) is 84.9 cm³/mol. The molecule has 0 atom stereocenters. The van der Waals surface area contributed by atoms with Gasteiger partial charge in [0.25, 0.3) is 0 Å². The first-order valence-corrected chi connectivity index (χ1v) is 8.21. The number of nitrogens with zero attached hydrogens (tertiary/aromatic N) is 4. The Labute approximate surface area is 133 Å². The van der Waals surface area contributed by atoms with E-state index in [1.165, 1.54) is 12.1 Å². The maximum atomic E-state index is 12.9. The van der Waals surface area contributed by atoms with Crippen LogP contribution in [0.2, 0.25) is 0 Å². The molecule has 0 radical (unpaired) electrons. The Bertz CT molecular complexity index is 596. The van der Waals surface area contributed by atoms with Gasteiger partial charge in [-0.1, -0.05) is 23.5 Å². The number of aliphatic hydroxyl groups is 1. The van der Waals surface area contributed by atoms with Gasteiger partial charge in [-0.25, -0.2) is 4.39 Å². The monoisotopic (exact) mass is 322 g/mol. The molecular formula is C15H19FN4OS. The lowest BCUT2D eigenvalue weighted by Gasteiger charge is -2.33. The Morgan fingerprint density at radius 3 is 2.50 bits per heavy atom. The van der Waals surface area contributed by atoms with Crippen LogP contribution in [-0.4, -0.2) is 59.5 Å². The van der Waals surface area contributed by atoms with Gasteiger partial charge >= 0.3 is 0 Å². The van der Waals surface area contributed by atoms with Crippen molar-refractivity contribution in [3.05, 3.63) is 40.7 Å². The van der Waals surface area contributed by atoms with Gasteiger partial charge in [0.1, 0.15) is 10.8 Å². The second-order valence-corrected chi connectivity index (χ2v) is 6.37. The van der Waals surface area contributed by atoms with Gasteiger partial charge < -0.3 is 10.0 Å². The molecule has 118 valence electrons. The summed E-state index contributed by atoms with van der Waals surface area (Å²) in [6.07, 6.45) is 0.683. The van der Waals surface area contributed by atoms with E-state index >= 15 is 0 Å². The first-order valence-electron chi connectivity index (χ1n) is 7.39. The maximum absolute atomic E-state index is 12.9. The van der Waals surface area contributed by atoms with E-state index in [0.29, 0.717) is 6.42 Å². The van der Waals surface area contributed by atoms with E-state index in [2.05, 4.69) is 20.0 Å². The Morgan fingerprint density at radius 1 is 1.09 bits per heavy atom. The van der Waals surface area contributed by atoms with Crippen LogP contribution < -0.4 is 4.90 Å². The molecule has 1 fully saturated rings. The third-order valence-corrected chi connectivity index (χ3v) is 4.77. The molecule has 0 amide bonds. The molecule has 1 aliphatic rings. The molecule has 0 bridgehead atoms. The SMILES string of the molecule is OCCN1CCN(c2nnc(Cc3ccc(F)cc3)s2)CC1. The molecule has 2 heterocycles. The fourth-order valence-electron chi connectivity index (χ4n) is 2.53. The lowest BCUT2D eigenvalue weighted by Crippen LogP contribution is -2.47. The van der Waals surface area contributed by atoms with E-state index in [1.54, 1.807) is 23.5 Å². The van der Waals surface area contributed by atoms with Gasteiger partial charge in [-0.05, 0) is 17.7 Å². The Balaban J connectivity index is 1.58. The van der Waals surface area contributed by atoms with Crippen molar-refractivity contribution >= 4 is 16.5 Å². The summed E-state index contributed by atoms with van der Waals surface area (Å²) in [5.41, 5.74) is 1.04. The number of hydrogen-bond acceptors (Lipinski definition) is 6. The molecule has 1 aliphatic heterocycles. The maximum Gasteiger partial charge on any atom is 0.208 e. The highest BCUT2D eigenvalue weighted by Crippen LogP contribution is 2.23. The number of rotatable bonds is 5. The molecule has 1 saturated heterocycles. The van der Waals surface area contributed by atoms with E-state index in [4.69, 9.17) is 5.11 Å². The van der Waals surface area contributed by atoms with Crippen molar-refractivity contribution in [3.8, 4) is 0 Å². The quantitative estimate of drug-likeness (QED) is 0.901. The van der Waals surface area contributed by atoms with Crippen LogP contribution in [-0.2, 0) is 6.42 Å². The molecule has 5 nitrogen and oxygen atoms in total. The Morgan fingerprint density at radius 2 is 1.82 bits per heavy atom. The topological polar surface area (TPSA) is 52.5 Å². The van der Waals surface area contributed by atoms with Gasteiger partial charge in [0, 0.05) is 39.1 Å². The van der Waals surface area contributed by atoms with Gasteiger partial charge in [0.15, 0.2) is 0 Å². The summed E-state index contributed by atoms with van der Waals surface area (Å²) in [5, 5.41) is 19.4. The molecule has 0 unspecified atom stereocenters. The lowest BCUT2D eigenvalue weighted by molar-refractivity contribution is 0.188. The number of aliphatic hydroxyl groups excluding tert-OH is 1. The molecule has 22 heavy (non-hydrogen) atoms. The molecule has 2 aromatic rings. The average molecular weight is 322 g/mol. The van der Waals surface area contributed by atoms with Crippen molar-refractivity contribution in [1.29, 1.82) is 0 Å². The van der Waals surface area contributed by atoms with Gasteiger partial charge in [-0.15, -0.1) is 10.2 Å². The van der Waals surface area contributed by atoms with E-state index in [9.17, 15) is 4.39 Å². The minimum absolute atomic E-state index is 0.209. The zero-order chi connectivity index (χ0) is 15.4. The highest BCUT2D eigenvalue weighted by Gasteiger charge is 2.19. The van der Waals surface area contributed by atoms with Gasteiger partial charge in [0.05, 0.1) is 6.61 Å². The van der Waals surface area contributed by atoms with Gasteiger partial charge in [0.2, 0.25) is 5.13 Å². The second kappa shape index (κ2) is 7.13. The third-order valence-electron chi connectivity index (χ3n) is 3.78. The number of piperazine rings is 1. The second-order valence-electron chi connectivity index (χ2n) is 5.33. The smallest absolute Gasteiger partial charge is 0.208 e. The number of benzene rings is 1. The van der Waals surface area contributed by atoms with Gasteiger partial charge in [-0.3, -0.25) is 4.90 Å². The summed E-state index contributed by atoms with van der Waals surface area (Å²) < 4.78 is 12.9. The summed E-state index contributed by atoms with van der Waals surface area (Å²) in [6.45, 7) is 4.64. The zero-order valence-electron chi connectivity index (χ0n) is 12.3. The fraction of sp³-hybridized carbons (Fsp3) is 0.467. The standard InChI is InChI=1S/C15H19FN4OS/c16-13-3-1-12(2-4-13)11-14-17-18-15(22-14)20-7-5-19(6-8-20)9-10-21/h1-4,21H,5-11H2. The van der Waals surface area contributed by atoms with Crippen molar-refractivity contribution in [2.75, 3.05) is 44.2 Å². The van der Waals surface area contributed by atoms with Crippen molar-refractivity contribution in [2.45, 2.75) is 6.42 Å². The molecule has 3 rings (SSSR count). The molecular weight excluding hydrogens is 303 g/mol. The minimum Gasteiger partial charge on any atom is -0.395 e. The third kappa shape index (κ3) is 3.79. The highest BCUT2D eigenvalue weighted by molar-refractivity contribution is 7.15. The van der Waals surface area contributed by atoms with E-state index < -0.39 is 0 Å². The molecule has 1 aromatic carbocycles. The summed E-state index contributed by atoms with van der Waals surface area (Å²) in [7, 11) is 0. The van der Waals surface area contributed by atoms with E-state index in [-0.39, 0.29) is 12.4 Å². The van der Waals surface area contributed by atoms with Crippen LogP contribution in [0, 0.1) is 5.82 Å². The normalized spacial score (nSPS) is 16.2. The van der Waals surface area contributed by atoms with Crippen LogP contribution >= 0.6 is 11.3 Å². The largest absolute Gasteiger partial charge is 0.395 e. The number of hydrogen-bond donors (Lipinski definition) is 1. The highest BCUT2D eigenvalue weighted by atomic mass is 32.1. The number of halogens is 1. The first-order chi connectivity index (χ1) is 10.7. The molecule has 0 saturated carbocycles. The summed E-state index contributed by atoms with van der Waals surface area (Å²) in [5.74, 6) is -0.220. The van der Waals surface area contributed by atoms with Crippen molar-refractivity contribution in [3.63, 3.8) is 0 Å². The van der Waals surface area contributed by atoms with Crippen LogP contribution in [0.4, 0.5) is 9.52 Å². The first kappa shape index (κ1) is 15.3. The summed E-state index contributed by atoms with van der Waals surface area (Å²) >= 11 is 1.60. The summed E-state index contributed by atoms with van der Waals surface area (Å²) in [6, 6.07) is 6.50. The zero-order valence-corrected chi connectivity index (χ0v) is 13.1. The van der Waals surface area contributed by atoms with Gasteiger partial charge in [-0.2, -0.15) is 0 Å². The number of β-amino-alcohol motifs (C(OH)–C–C–N with tert-alkyl or cyclic N) is 1. The summed E-state index contributed by atoms with van der Waals surface area (Å²) in [4.78, 5) is 4.48. The Kier molecular flexibility index (Phi) is 4.97. The molecule has 0 aliphatic carbocycles. The minimum atomic E-state index is -0.220. The van der Waals surface area contributed by atoms with Crippen LogP contribution in [0.25, 0.3) is 0 Å². The van der Waals surface area contributed by atoms with Crippen molar-refractivity contribution in [2.24, 2.45) is 0 Å². The van der Waals surface area contributed by atoms with Crippen molar-refractivity contribution < 1.29 is 9.50 Å². The van der Waals surface area contributed by atoms with E-state index in [0.717, 1.165) is 48.4 Å². The van der Waals surface area contributed by atoms with Crippen molar-refractivity contribution in [1.82, 2.24) is 15.1 Å². The number of anilines is 1. The molecule has 1 aromatic heterocycles. The lowest BCUT2D eigenvalue weighted by atomic mass is 10.2. The van der Waals surface area contributed by atoms with Crippen LogP contribution in [0.5, 0.6) is 0 Å². The predicted octanol–water partition coefficient (Wildman–Crippen LogP) is 1.38.